The number of benzene rings is 1. The van der Waals surface area contributed by atoms with E-state index in [1.54, 1.807) is 4.90 Å². The molecule has 1 N–H and O–H groups in total. The predicted molar refractivity (Wildman–Crippen MR) is 74.0 cm³/mol. The van der Waals surface area contributed by atoms with Gasteiger partial charge in [0, 0.05) is 18.7 Å². The number of amides is 2. The largest absolute Gasteiger partial charge is 0.353 e. The molecule has 1 aromatic carbocycles. The fourth-order valence-electron chi connectivity index (χ4n) is 2.40. The highest BCUT2D eigenvalue weighted by Gasteiger charge is 2.31. The van der Waals surface area contributed by atoms with Crippen molar-refractivity contribution in [2.45, 2.75) is 33.2 Å². The van der Waals surface area contributed by atoms with E-state index in [0.717, 1.165) is 5.56 Å². The highest BCUT2D eigenvalue weighted by atomic mass is 16.2. The molecular weight excluding hydrogens is 240 g/mol. The maximum atomic E-state index is 12.5. The van der Waals surface area contributed by atoms with Gasteiger partial charge in [-0.1, -0.05) is 13.0 Å². The van der Waals surface area contributed by atoms with Gasteiger partial charge in [0.25, 0.3) is 5.91 Å². The molecule has 4 heteroatoms. The summed E-state index contributed by atoms with van der Waals surface area (Å²) in [7, 11) is 0. The summed E-state index contributed by atoms with van der Waals surface area (Å²) in [5.74, 6) is -0.101. The molecule has 2 rings (SSSR count). The van der Waals surface area contributed by atoms with Gasteiger partial charge in [-0.15, -0.1) is 0 Å². The highest BCUT2D eigenvalue weighted by Crippen LogP contribution is 2.16. The van der Waals surface area contributed by atoms with E-state index in [1.165, 1.54) is 5.56 Å². The zero-order valence-electron chi connectivity index (χ0n) is 11.7. The van der Waals surface area contributed by atoms with Gasteiger partial charge in [0.15, 0.2) is 0 Å². The molecule has 0 unspecified atom stereocenters. The molecule has 1 heterocycles. The number of carbonyl (C=O) groups is 2. The first-order valence-electron chi connectivity index (χ1n) is 6.70. The van der Waals surface area contributed by atoms with Crippen molar-refractivity contribution in [3.8, 4) is 0 Å². The average molecular weight is 260 g/mol. The van der Waals surface area contributed by atoms with Crippen LogP contribution in [0.15, 0.2) is 18.2 Å². The molecule has 0 bridgehead atoms. The summed E-state index contributed by atoms with van der Waals surface area (Å²) in [4.78, 5) is 26.0. The summed E-state index contributed by atoms with van der Waals surface area (Å²) in [6, 6.07) is 5.34. The first kappa shape index (κ1) is 13.6. The fraction of sp³-hybridized carbons (Fsp3) is 0.467. The number of hydrogen-bond donors (Lipinski definition) is 1. The van der Waals surface area contributed by atoms with E-state index in [2.05, 4.69) is 5.32 Å². The lowest BCUT2D eigenvalue weighted by Crippen LogP contribution is -2.56. The van der Waals surface area contributed by atoms with Crippen molar-refractivity contribution < 1.29 is 9.59 Å². The molecule has 1 aliphatic rings. The van der Waals surface area contributed by atoms with E-state index >= 15 is 0 Å². The standard InChI is InChI=1S/C15H20N2O2/c1-4-13-14(18)16-7-8-17(13)15(19)12-6-5-10(2)11(3)9-12/h5-6,9,13H,4,7-8H2,1-3H3,(H,16,18)/t13-/m1/s1. The second-order valence-corrected chi connectivity index (χ2v) is 5.01. The van der Waals surface area contributed by atoms with E-state index in [-0.39, 0.29) is 17.9 Å². The van der Waals surface area contributed by atoms with E-state index < -0.39 is 0 Å². The van der Waals surface area contributed by atoms with Crippen molar-refractivity contribution in [3.05, 3.63) is 34.9 Å². The zero-order valence-corrected chi connectivity index (χ0v) is 11.7. The van der Waals surface area contributed by atoms with Gasteiger partial charge in [0.2, 0.25) is 5.91 Å². The maximum absolute atomic E-state index is 12.5. The molecule has 2 amide bonds. The first-order valence-corrected chi connectivity index (χ1v) is 6.70. The molecule has 0 radical (unpaired) electrons. The van der Waals surface area contributed by atoms with Crippen molar-refractivity contribution in [2.75, 3.05) is 13.1 Å². The Bertz CT molecular complexity index is 511. The minimum Gasteiger partial charge on any atom is -0.353 e. The van der Waals surface area contributed by atoms with Gasteiger partial charge in [0.1, 0.15) is 6.04 Å². The van der Waals surface area contributed by atoms with Crippen molar-refractivity contribution in [1.29, 1.82) is 0 Å². The summed E-state index contributed by atoms with van der Waals surface area (Å²) in [6.07, 6.45) is 0.641. The van der Waals surface area contributed by atoms with Crippen LogP contribution in [0, 0.1) is 13.8 Å². The van der Waals surface area contributed by atoms with Crippen molar-refractivity contribution in [2.24, 2.45) is 0 Å². The summed E-state index contributed by atoms with van der Waals surface area (Å²) >= 11 is 0. The Morgan fingerprint density at radius 2 is 2.11 bits per heavy atom. The van der Waals surface area contributed by atoms with Gasteiger partial charge >= 0.3 is 0 Å². The quantitative estimate of drug-likeness (QED) is 0.879. The van der Waals surface area contributed by atoms with Crippen LogP contribution in [0.2, 0.25) is 0 Å². The second kappa shape index (κ2) is 5.43. The summed E-state index contributed by atoms with van der Waals surface area (Å²) < 4.78 is 0. The van der Waals surface area contributed by atoms with Crippen molar-refractivity contribution >= 4 is 11.8 Å². The molecule has 0 aromatic heterocycles. The second-order valence-electron chi connectivity index (χ2n) is 5.01. The smallest absolute Gasteiger partial charge is 0.254 e. The Labute approximate surface area is 113 Å². The SMILES string of the molecule is CC[C@@H]1C(=O)NCCN1C(=O)c1ccc(C)c(C)c1. The first-order chi connectivity index (χ1) is 9.04. The van der Waals surface area contributed by atoms with Crippen LogP contribution >= 0.6 is 0 Å². The van der Waals surface area contributed by atoms with Crippen LogP contribution in [-0.2, 0) is 4.79 Å². The van der Waals surface area contributed by atoms with Crippen LogP contribution in [0.25, 0.3) is 0 Å². The number of aryl methyl sites for hydroxylation is 2. The van der Waals surface area contributed by atoms with Crippen LogP contribution in [-0.4, -0.2) is 35.8 Å². The summed E-state index contributed by atoms with van der Waals surface area (Å²) in [5, 5.41) is 2.81. The number of nitrogens with zero attached hydrogens (tertiary/aromatic N) is 1. The minimum absolute atomic E-state index is 0.0501. The zero-order chi connectivity index (χ0) is 14.0. The Kier molecular flexibility index (Phi) is 3.88. The van der Waals surface area contributed by atoms with Crippen molar-refractivity contribution in [3.63, 3.8) is 0 Å². The molecule has 1 aliphatic heterocycles. The van der Waals surface area contributed by atoms with E-state index in [4.69, 9.17) is 0 Å². The van der Waals surface area contributed by atoms with E-state index in [1.807, 2.05) is 39.0 Å². The third kappa shape index (κ3) is 2.62. The fourth-order valence-corrected chi connectivity index (χ4v) is 2.40. The van der Waals surface area contributed by atoms with E-state index in [9.17, 15) is 9.59 Å². The van der Waals surface area contributed by atoms with Crippen LogP contribution in [0.3, 0.4) is 0 Å². The molecule has 1 atom stereocenters. The number of nitrogens with one attached hydrogen (secondary N) is 1. The third-order valence-corrected chi connectivity index (χ3v) is 3.73. The third-order valence-electron chi connectivity index (χ3n) is 3.73. The molecule has 1 aromatic rings. The lowest BCUT2D eigenvalue weighted by atomic mass is 10.0. The Morgan fingerprint density at radius 3 is 2.74 bits per heavy atom. The topological polar surface area (TPSA) is 49.4 Å². The Balaban J connectivity index is 2.26. The minimum atomic E-state index is -0.345. The van der Waals surface area contributed by atoms with Gasteiger partial charge in [-0.3, -0.25) is 9.59 Å². The molecule has 0 spiro atoms. The van der Waals surface area contributed by atoms with E-state index in [0.29, 0.717) is 25.1 Å². The normalized spacial score (nSPS) is 19.2. The Hall–Kier alpha value is -1.84. The number of carbonyl (C=O) groups excluding carboxylic acids is 2. The average Bonchev–Trinajstić information content (AvgIpc) is 2.40. The lowest BCUT2D eigenvalue weighted by Gasteiger charge is -2.34. The highest BCUT2D eigenvalue weighted by molar-refractivity contribution is 5.98. The molecule has 1 fully saturated rings. The lowest BCUT2D eigenvalue weighted by molar-refractivity contribution is -0.127. The molecule has 102 valence electrons. The summed E-state index contributed by atoms with van der Waals surface area (Å²) in [6.45, 7) is 7.05. The molecule has 0 aliphatic carbocycles. The van der Waals surface area contributed by atoms with Crippen LogP contribution in [0.1, 0.15) is 34.8 Å². The number of piperazine rings is 1. The van der Waals surface area contributed by atoms with Gasteiger partial charge in [-0.25, -0.2) is 0 Å². The number of rotatable bonds is 2. The van der Waals surface area contributed by atoms with Gasteiger partial charge < -0.3 is 10.2 Å². The van der Waals surface area contributed by atoms with Gasteiger partial charge in [-0.2, -0.15) is 0 Å². The van der Waals surface area contributed by atoms with Gasteiger partial charge in [0.05, 0.1) is 0 Å². The van der Waals surface area contributed by atoms with Crippen LogP contribution in [0.4, 0.5) is 0 Å². The molecule has 0 saturated carbocycles. The Morgan fingerprint density at radius 1 is 1.37 bits per heavy atom. The van der Waals surface area contributed by atoms with Crippen LogP contribution < -0.4 is 5.32 Å². The molecule has 1 saturated heterocycles. The number of hydrogen-bond acceptors (Lipinski definition) is 2. The molecule has 19 heavy (non-hydrogen) atoms. The van der Waals surface area contributed by atoms with Gasteiger partial charge in [-0.05, 0) is 43.5 Å². The maximum Gasteiger partial charge on any atom is 0.254 e. The predicted octanol–water partition coefficient (Wildman–Crippen LogP) is 1.65. The monoisotopic (exact) mass is 260 g/mol. The molecule has 4 nitrogen and oxygen atoms in total. The van der Waals surface area contributed by atoms with Crippen LogP contribution in [0.5, 0.6) is 0 Å². The summed E-state index contributed by atoms with van der Waals surface area (Å²) in [5.41, 5.74) is 2.93. The molecular formula is C15H20N2O2. The van der Waals surface area contributed by atoms with Crippen molar-refractivity contribution in [1.82, 2.24) is 10.2 Å².